The molecule has 1 saturated heterocycles. The number of hydrogen-bond donors (Lipinski definition) is 2. The zero-order valence-corrected chi connectivity index (χ0v) is 22.3. The topological polar surface area (TPSA) is 131 Å². The van der Waals surface area contributed by atoms with E-state index in [1.165, 1.54) is 6.92 Å². The maximum atomic E-state index is 12.2. The number of aryl methyl sites for hydroxylation is 1. The van der Waals surface area contributed by atoms with Crippen molar-refractivity contribution in [1.82, 2.24) is 9.80 Å². The number of carbonyl (C=O) groups is 1. The van der Waals surface area contributed by atoms with Crippen LogP contribution in [0.4, 0.5) is 0 Å². The van der Waals surface area contributed by atoms with Gasteiger partial charge in [-0.05, 0) is 38.4 Å². The summed E-state index contributed by atoms with van der Waals surface area (Å²) in [5.41, 5.74) is 10.4. The first-order valence-corrected chi connectivity index (χ1v) is 12.8. The summed E-state index contributed by atoms with van der Waals surface area (Å²) in [5.74, 6) is 1.70. The van der Waals surface area contributed by atoms with Crippen molar-refractivity contribution >= 4 is 5.97 Å². The second-order valence-corrected chi connectivity index (χ2v) is 10.8. The van der Waals surface area contributed by atoms with E-state index in [-0.39, 0.29) is 31.2 Å². The highest BCUT2D eigenvalue weighted by Crippen LogP contribution is 2.59. The van der Waals surface area contributed by atoms with Gasteiger partial charge in [0.2, 0.25) is 6.79 Å². The Morgan fingerprint density at radius 3 is 2.68 bits per heavy atom. The van der Waals surface area contributed by atoms with Crippen LogP contribution in [-0.4, -0.2) is 66.5 Å². The van der Waals surface area contributed by atoms with Crippen molar-refractivity contribution in [1.29, 1.82) is 5.26 Å². The van der Waals surface area contributed by atoms with Gasteiger partial charge < -0.3 is 29.8 Å². The van der Waals surface area contributed by atoms with Gasteiger partial charge >= 0.3 is 5.97 Å². The maximum Gasteiger partial charge on any atom is 0.308 e. The number of methoxy groups -OCH3 is 1. The van der Waals surface area contributed by atoms with E-state index < -0.39 is 17.6 Å². The molecule has 10 heteroatoms. The number of nitriles is 1. The zero-order chi connectivity index (χ0) is 27.1. The lowest BCUT2D eigenvalue weighted by Gasteiger charge is -2.57. The average molecular weight is 521 g/mol. The number of phenols is 1. The molecule has 5 aliphatic rings. The number of piperazine rings is 1. The number of ether oxygens (including phenoxy) is 4. The molecule has 200 valence electrons. The number of likely N-dealkylation sites (N-methyl/N-ethyl adjacent to an activating group) is 1. The number of hydrogen-bond acceptors (Lipinski definition) is 10. The Morgan fingerprint density at radius 1 is 1.29 bits per heavy atom. The average Bonchev–Trinajstić information content (AvgIpc) is 3.28. The van der Waals surface area contributed by atoms with Gasteiger partial charge in [0.05, 0.1) is 25.3 Å². The summed E-state index contributed by atoms with van der Waals surface area (Å²) < 4.78 is 23.2. The molecule has 2 bridgehead atoms. The summed E-state index contributed by atoms with van der Waals surface area (Å²) in [7, 11) is 3.54. The van der Waals surface area contributed by atoms with Gasteiger partial charge in [-0.25, -0.2) is 0 Å². The number of carbonyl (C=O) groups excluding carboxylic acids is 1. The highest BCUT2D eigenvalue weighted by atomic mass is 16.7. The third-order valence-corrected chi connectivity index (χ3v) is 8.65. The smallest absolute Gasteiger partial charge is 0.308 e. The molecule has 1 unspecified atom stereocenters. The minimum absolute atomic E-state index is 0.0556. The minimum atomic E-state index is -0.921. The molecule has 0 aliphatic carbocycles. The van der Waals surface area contributed by atoms with Gasteiger partial charge in [0.1, 0.15) is 11.3 Å². The first kappa shape index (κ1) is 24.8. The molecule has 2 aromatic carbocycles. The second kappa shape index (κ2) is 8.50. The molecule has 3 N–H and O–H groups in total. The molecule has 10 nitrogen and oxygen atoms in total. The van der Waals surface area contributed by atoms with Gasteiger partial charge in [0, 0.05) is 54.7 Å². The SMILES string of the molecule is COc1c(C)cc2c(c1O)[C@@H]1C3Cc4c(OC(C)=O)c(C)c5c(c4[C@H](CN)N3[C@](C#N)(C2)CN1C)OCO5. The van der Waals surface area contributed by atoms with Crippen LogP contribution in [0.2, 0.25) is 0 Å². The van der Waals surface area contributed by atoms with Crippen LogP contribution in [0.15, 0.2) is 6.07 Å². The number of esters is 1. The molecular formula is C28H32N4O6. The number of aromatic hydroxyl groups is 1. The molecule has 0 radical (unpaired) electrons. The highest BCUT2D eigenvalue weighted by Gasteiger charge is 2.59. The van der Waals surface area contributed by atoms with Crippen LogP contribution in [0.1, 0.15) is 52.4 Å². The Labute approximate surface area is 221 Å². The van der Waals surface area contributed by atoms with Crippen molar-refractivity contribution in [3.05, 3.63) is 39.4 Å². The Bertz CT molecular complexity index is 1420. The Kier molecular flexibility index (Phi) is 5.54. The molecule has 0 saturated carbocycles. The van der Waals surface area contributed by atoms with Crippen molar-refractivity contribution in [2.24, 2.45) is 5.73 Å². The van der Waals surface area contributed by atoms with Crippen LogP contribution in [-0.2, 0) is 17.6 Å². The van der Waals surface area contributed by atoms with Crippen LogP contribution < -0.4 is 24.7 Å². The minimum Gasteiger partial charge on any atom is -0.504 e. The first-order chi connectivity index (χ1) is 18.2. The Hall–Kier alpha value is -3.52. The van der Waals surface area contributed by atoms with Crippen molar-refractivity contribution in [2.45, 2.75) is 57.3 Å². The van der Waals surface area contributed by atoms with Crippen molar-refractivity contribution < 1.29 is 28.8 Å². The number of phenolic OH excluding ortho intramolecular Hbond substituents is 1. The highest BCUT2D eigenvalue weighted by molar-refractivity contribution is 5.74. The summed E-state index contributed by atoms with van der Waals surface area (Å²) in [6, 6.07) is 3.78. The number of fused-ring (bicyclic) bond motifs is 4. The fourth-order valence-electron chi connectivity index (χ4n) is 7.47. The van der Waals surface area contributed by atoms with Crippen molar-refractivity contribution in [3.8, 4) is 34.8 Å². The van der Waals surface area contributed by atoms with Crippen molar-refractivity contribution in [2.75, 3.05) is 34.0 Å². The van der Waals surface area contributed by atoms with Gasteiger partial charge in [0.25, 0.3) is 0 Å². The summed E-state index contributed by atoms with van der Waals surface area (Å²) in [6.45, 7) is 5.86. The number of benzene rings is 2. The molecule has 0 aromatic heterocycles. The molecule has 5 aliphatic heterocycles. The summed E-state index contributed by atoms with van der Waals surface area (Å²) in [5, 5.41) is 22.3. The van der Waals surface area contributed by atoms with Gasteiger partial charge in [-0.1, -0.05) is 6.07 Å². The monoisotopic (exact) mass is 520 g/mol. The van der Waals surface area contributed by atoms with E-state index in [1.807, 2.05) is 27.0 Å². The van der Waals surface area contributed by atoms with Crippen LogP contribution in [0.25, 0.3) is 0 Å². The normalized spacial score (nSPS) is 27.1. The predicted octanol–water partition coefficient (Wildman–Crippen LogP) is 2.40. The summed E-state index contributed by atoms with van der Waals surface area (Å²) in [6.07, 6.45) is 0.877. The van der Waals surface area contributed by atoms with E-state index in [4.69, 9.17) is 24.7 Å². The molecule has 0 amide bonds. The molecule has 1 fully saturated rings. The molecule has 2 aromatic rings. The molecule has 38 heavy (non-hydrogen) atoms. The fourth-order valence-corrected chi connectivity index (χ4v) is 7.47. The first-order valence-electron chi connectivity index (χ1n) is 12.8. The van der Waals surface area contributed by atoms with E-state index >= 15 is 0 Å². The van der Waals surface area contributed by atoms with E-state index in [9.17, 15) is 15.2 Å². The fraction of sp³-hybridized carbons (Fsp3) is 0.500. The molecule has 7 rings (SSSR count). The standard InChI is InChI=1S/C28H32N4O6/c1-13-6-16-8-28(10-30)11-31(4)22(20(16)23(34)24(13)35-5)18-7-17-21(19(9-29)32(18)28)27-26(36-12-37-27)14(2)25(17)38-15(3)33/h6,18-19,22,34H,7-9,11-12,29H2,1-5H3/t18?,19-,22-,28-/m0/s1. The number of nitrogens with two attached hydrogens (primary N) is 1. The van der Waals surface area contributed by atoms with Crippen LogP contribution in [0.3, 0.4) is 0 Å². The summed E-state index contributed by atoms with van der Waals surface area (Å²) >= 11 is 0. The van der Waals surface area contributed by atoms with Crippen LogP contribution in [0, 0.1) is 25.2 Å². The molecule has 5 heterocycles. The van der Waals surface area contributed by atoms with E-state index in [2.05, 4.69) is 15.9 Å². The van der Waals surface area contributed by atoms with E-state index in [0.717, 1.165) is 27.8 Å². The largest absolute Gasteiger partial charge is 0.504 e. The lowest BCUT2D eigenvalue weighted by Crippen LogP contribution is -2.68. The van der Waals surface area contributed by atoms with E-state index in [1.54, 1.807) is 7.11 Å². The predicted molar refractivity (Wildman–Crippen MR) is 137 cm³/mol. The van der Waals surface area contributed by atoms with E-state index in [0.29, 0.717) is 47.9 Å². The third kappa shape index (κ3) is 3.13. The third-order valence-electron chi connectivity index (χ3n) is 8.65. The zero-order valence-electron chi connectivity index (χ0n) is 22.3. The molecule has 4 atom stereocenters. The molecular weight excluding hydrogens is 488 g/mol. The maximum absolute atomic E-state index is 12.2. The molecule has 0 spiro atoms. The van der Waals surface area contributed by atoms with Crippen LogP contribution >= 0.6 is 0 Å². The number of rotatable bonds is 3. The lowest BCUT2D eigenvalue weighted by atomic mass is 9.76. The second-order valence-electron chi connectivity index (χ2n) is 10.8. The van der Waals surface area contributed by atoms with Crippen molar-refractivity contribution in [3.63, 3.8) is 0 Å². The quantitative estimate of drug-likeness (QED) is 0.460. The Morgan fingerprint density at radius 2 is 2.03 bits per heavy atom. The Balaban J connectivity index is 1.65. The van der Waals surface area contributed by atoms with Gasteiger partial charge in [0.15, 0.2) is 23.0 Å². The van der Waals surface area contributed by atoms with Gasteiger partial charge in [-0.2, -0.15) is 5.26 Å². The van der Waals surface area contributed by atoms with Gasteiger partial charge in [-0.3, -0.25) is 14.6 Å². The number of nitrogens with zero attached hydrogens (tertiary/aromatic N) is 3. The summed E-state index contributed by atoms with van der Waals surface area (Å²) in [4.78, 5) is 16.6. The lowest BCUT2D eigenvalue weighted by molar-refractivity contribution is -0.132. The van der Waals surface area contributed by atoms with Crippen LogP contribution in [0.5, 0.6) is 28.7 Å². The van der Waals surface area contributed by atoms with Gasteiger partial charge in [-0.15, -0.1) is 0 Å².